The van der Waals surface area contributed by atoms with Crippen molar-refractivity contribution >= 4 is 11.9 Å². The molecule has 1 aromatic rings. The van der Waals surface area contributed by atoms with Gasteiger partial charge in [-0.2, -0.15) is 0 Å². The molecule has 4 heteroatoms. The summed E-state index contributed by atoms with van der Waals surface area (Å²) in [7, 11) is 0. The lowest BCUT2D eigenvalue weighted by molar-refractivity contribution is -0.118. The molecule has 0 aliphatic heterocycles. The SMILES string of the molecule is CC(C)(C)CCCC(=O)CNC(=O)OCc1ccccc1. The average molecular weight is 291 g/mol. The fourth-order valence-corrected chi connectivity index (χ4v) is 1.85. The van der Waals surface area contributed by atoms with Gasteiger partial charge in [0.25, 0.3) is 0 Å². The van der Waals surface area contributed by atoms with E-state index in [9.17, 15) is 9.59 Å². The molecular weight excluding hydrogens is 266 g/mol. The van der Waals surface area contributed by atoms with Crippen LogP contribution in [0.1, 0.15) is 45.6 Å². The number of nitrogens with one attached hydrogen (secondary N) is 1. The molecule has 1 rings (SSSR count). The molecule has 1 aromatic carbocycles. The molecule has 1 amide bonds. The summed E-state index contributed by atoms with van der Waals surface area (Å²) in [6.45, 7) is 6.70. The van der Waals surface area contributed by atoms with Gasteiger partial charge >= 0.3 is 6.09 Å². The van der Waals surface area contributed by atoms with Crippen molar-refractivity contribution in [2.24, 2.45) is 5.41 Å². The fourth-order valence-electron chi connectivity index (χ4n) is 1.85. The molecule has 0 radical (unpaired) electrons. The molecule has 1 N–H and O–H groups in total. The minimum atomic E-state index is -0.553. The van der Waals surface area contributed by atoms with Crippen LogP contribution in [-0.2, 0) is 16.1 Å². The number of carbonyl (C=O) groups excluding carboxylic acids is 2. The first-order valence-electron chi connectivity index (χ1n) is 7.33. The third kappa shape index (κ3) is 8.84. The van der Waals surface area contributed by atoms with Crippen LogP contribution in [0.4, 0.5) is 4.79 Å². The maximum atomic E-state index is 11.6. The van der Waals surface area contributed by atoms with E-state index in [0.29, 0.717) is 6.42 Å². The summed E-state index contributed by atoms with van der Waals surface area (Å²) in [5, 5.41) is 2.49. The third-order valence-electron chi connectivity index (χ3n) is 3.03. The molecule has 0 fully saturated rings. The van der Waals surface area contributed by atoms with Gasteiger partial charge in [-0.05, 0) is 23.8 Å². The number of rotatable bonds is 7. The van der Waals surface area contributed by atoms with E-state index in [4.69, 9.17) is 4.74 Å². The predicted octanol–water partition coefficient (Wildman–Crippen LogP) is 3.70. The molecule has 0 spiro atoms. The highest BCUT2D eigenvalue weighted by Gasteiger charge is 2.12. The highest BCUT2D eigenvalue weighted by Crippen LogP contribution is 2.21. The Morgan fingerprint density at radius 1 is 1.14 bits per heavy atom. The van der Waals surface area contributed by atoms with E-state index >= 15 is 0 Å². The Bertz CT molecular complexity index is 449. The molecule has 0 saturated heterocycles. The van der Waals surface area contributed by atoms with Crippen molar-refractivity contribution in [3.05, 3.63) is 35.9 Å². The number of hydrogen-bond acceptors (Lipinski definition) is 3. The zero-order chi connectivity index (χ0) is 15.7. The van der Waals surface area contributed by atoms with Gasteiger partial charge in [0, 0.05) is 6.42 Å². The Kier molecular flexibility index (Phi) is 6.92. The van der Waals surface area contributed by atoms with Crippen molar-refractivity contribution in [1.82, 2.24) is 5.32 Å². The summed E-state index contributed by atoms with van der Waals surface area (Å²) in [5.41, 5.74) is 1.16. The molecule has 21 heavy (non-hydrogen) atoms. The lowest BCUT2D eigenvalue weighted by Crippen LogP contribution is -2.30. The van der Waals surface area contributed by atoms with Gasteiger partial charge in [-0.1, -0.05) is 51.1 Å². The van der Waals surface area contributed by atoms with E-state index in [1.165, 1.54) is 0 Å². The van der Waals surface area contributed by atoms with Gasteiger partial charge in [-0.15, -0.1) is 0 Å². The lowest BCUT2D eigenvalue weighted by Gasteiger charge is -2.17. The Hall–Kier alpha value is -1.84. The van der Waals surface area contributed by atoms with Crippen LogP contribution >= 0.6 is 0 Å². The van der Waals surface area contributed by atoms with Crippen LogP contribution in [0.3, 0.4) is 0 Å². The number of benzene rings is 1. The summed E-state index contributed by atoms with van der Waals surface area (Å²) in [5.74, 6) is 0.0379. The summed E-state index contributed by atoms with van der Waals surface area (Å²) >= 11 is 0. The van der Waals surface area contributed by atoms with Crippen molar-refractivity contribution in [2.45, 2.75) is 46.6 Å². The van der Waals surface area contributed by atoms with Gasteiger partial charge < -0.3 is 10.1 Å². The number of ether oxygens (including phenoxy) is 1. The quantitative estimate of drug-likeness (QED) is 0.833. The minimum Gasteiger partial charge on any atom is -0.445 e. The molecule has 4 nitrogen and oxygen atoms in total. The number of ketones is 1. The Morgan fingerprint density at radius 3 is 2.43 bits per heavy atom. The first-order chi connectivity index (χ1) is 9.87. The van der Waals surface area contributed by atoms with Gasteiger partial charge in [0.2, 0.25) is 0 Å². The second-order valence-corrected chi connectivity index (χ2v) is 6.37. The monoisotopic (exact) mass is 291 g/mol. The zero-order valence-electron chi connectivity index (χ0n) is 13.1. The molecular formula is C17H25NO3. The average Bonchev–Trinajstić information content (AvgIpc) is 2.42. The van der Waals surface area contributed by atoms with Crippen LogP contribution in [0.25, 0.3) is 0 Å². The number of carbonyl (C=O) groups is 2. The molecule has 0 saturated carbocycles. The zero-order valence-corrected chi connectivity index (χ0v) is 13.1. The van der Waals surface area contributed by atoms with Gasteiger partial charge in [-0.25, -0.2) is 4.79 Å². The fraction of sp³-hybridized carbons (Fsp3) is 0.529. The Morgan fingerprint density at radius 2 is 1.81 bits per heavy atom. The minimum absolute atomic E-state index is 0.0379. The van der Waals surface area contributed by atoms with E-state index in [0.717, 1.165) is 18.4 Å². The summed E-state index contributed by atoms with van der Waals surface area (Å²) in [6, 6.07) is 9.43. The van der Waals surface area contributed by atoms with Crippen LogP contribution in [0, 0.1) is 5.41 Å². The number of Topliss-reactive ketones (excluding diaryl/α,β-unsaturated/α-hetero) is 1. The van der Waals surface area contributed by atoms with E-state index < -0.39 is 6.09 Å². The topological polar surface area (TPSA) is 55.4 Å². The highest BCUT2D eigenvalue weighted by molar-refractivity contribution is 5.83. The van der Waals surface area contributed by atoms with Crippen LogP contribution in [0.5, 0.6) is 0 Å². The molecule has 0 bridgehead atoms. The standard InChI is InChI=1S/C17H25NO3/c1-17(2,3)11-7-10-15(19)12-18-16(20)21-13-14-8-5-4-6-9-14/h4-6,8-9H,7,10-13H2,1-3H3,(H,18,20). The van der Waals surface area contributed by atoms with E-state index in [1.807, 2.05) is 30.3 Å². The van der Waals surface area contributed by atoms with Crippen molar-refractivity contribution in [3.8, 4) is 0 Å². The second kappa shape index (κ2) is 8.45. The van der Waals surface area contributed by atoms with Crippen molar-refractivity contribution in [2.75, 3.05) is 6.54 Å². The predicted molar refractivity (Wildman–Crippen MR) is 82.9 cm³/mol. The van der Waals surface area contributed by atoms with Gasteiger partial charge in [0.15, 0.2) is 5.78 Å². The molecule has 0 aliphatic rings. The summed E-state index contributed by atoms with van der Waals surface area (Å²) < 4.78 is 5.03. The number of amides is 1. The van der Waals surface area contributed by atoms with Crippen LogP contribution in [0.15, 0.2) is 30.3 Å². The van der Waals surface area contributed by atoms with Gasteiger partial charge in [0.1, 0.15) is 6.61 Å². The normalized spacial score (nSPS) is 11.0. The van der Waals surface area contributed by atoms with E-state index in [1.54, 1.807) is 0 Å². The van der Waals surface area contributed by atoms with Crippen molar-refractivity contribution < 1.29 is 14.3 Å². The van der Waals surface area contributed by atoms with E-state index in [2.05, 4.69) is 26.1 Å². The second-order valence-electron chi connectivity index (χ2n) is 6.37. The van der Waals surface area contributed by atoms with Crippen LogP contribution < -0.4 is 5.32 Å². The third-order valence-corrected chi connectivity index (χ3v) is 3.03. The Balaban J connectivity index is 2.13. The van der Waals surface area contributed by atoms with Gasteiger partial charge in [-0.3, -0.25) is 4.79 Å². The van der Waals surface area contributed by atoms with Gasteiger partial charge in [0.05, 0.1) is 6.54 Å². The molecule has 0 unspecified atom stereocenters. The van der Waals surface area contributed by atoms with Crippen molar-refractivity contribution in [1.29, 1.82) is 0 Å². The Labute approximate surface area is 126 Å². The lowest BCUT2D eigenvalue weighted by atomic mass is 9.89. The van der Waals surface area contributed by atoms with E-state index in [-0.39, 0.29) is 24.3 Å². The molecule has 0 aromatic heterocycles. The largest absolute Gasteiger partial charge is 0.445 e. The maximum absolute atomic E-state index is 11.6. The number of hydrogen-bond donors (Lipinski definition) is 1. The molecule has 0 atom stereocenters. The summed E-state index contributed by atoms with van der Waals surface area (Å²) in [4.78, 5) is 23.1. The molecule has 116 valence electrons. The van der Waals surface area contributed by atoms with Crippen LogP contribution in [0.2, 0.25) is 0 Å². The number of alkyl carbamates (subject to hydrolysis) is 1. The maximum Gasteiger partial charge on any atom is 0.407 e. The first kappa shape index (κ1) is 17.2. The van der Waals surface area contributed by atoms with Crippen molar-refractivity contribution in [3.63, 3.8) is 0 Å². The first-order valence-corrected chi connectivity index (χ1v) is 7.33. The molecule has 0 aliphatic carbocycles. The molecule has 0 heterocycles. The highest BCUT2D eigenvalue weighted by atomic mass is 16.5. The smallest absolute Gasteiger partial charge is 0.407 e. The van der Waals surface area contributed by atoms with Crippen LogP contribution in [-0.4, -0.2) is 18.4 Å². The summed E-state index contributed by atoms with van der Waals surface area (Å²) in [6.07, 6.45) is 1.79.